The lowest BCUT2D eigenvalue weighted by Crippen LogP contribution is -2.14. The SMILES string of the molecule is CCCCc1nc(C)nc(OCCOCCOC)c1Cc1ccc(-c2ccccc2-c2noc(=O)[nH]2)cc1. The monoisotopic (exact) mass is 518 g/mol. The second-order valence-corrected chi connectivity index (χ2v) is 8.92. The number of methoxy groups -OCH3 is 1. The Bertz CT molecular complexity index is 1360. The Balaban J connectivity index is 1.56. The number of ether oxygens (including phenoxy) is 3. The Kier molecular flexibility index (Phi) is 9.77. The first-order chi connectivity index (χ1) is 18.6. The van der Waals surface area contributed by atoms with Gasteiger partial charge >= 0.3 is 5.76 Å². The van der Waals surface area contributed by atoms with E-state index in [9.17, 15) is 4.79 Å². The van der Waals surface area contributed by atoms with E-state index in [1.165, 1.54) is 0 Å². The molecule has 4 rings (SSSR count). The fourth-order valence-corrected chi connectivity index (χ4v) is 4.21. The minimum Gasteiger partial charge on any atom is -0.475 e. The molecule has 0 atom stereocenters. The van der Waals surface area contributed by atoms with Crippen molar-refractivity contribution in [1.82, 2.24) is 20.1 Å². The summed E-state index contributed by atoms with van der Waals surface area (Å²) < 4.78 is 21.4. The van der Waals surface area contributed by atoms with Crippen molar-refractivity contribution >= 4 is 0 Å². The van der Waals surface area contributed by atoms with E-state index in [-0.39, 0.29) is 0 Å². The molecule has 0 aliphatic carbocycles. The van der Waals surface area contributed by atoms with Crippen LogP contribution < -0.4 is 10.5 Å². The summed E-state index contributed by atoms with van der Waals surface area (Å²) in [4.78, 5) is 23.5. The number of aromatic nitrogens is 4. The number of nitrogens with zero attached hydrogens (tertiary/aromatic N) is 3. The Morgan fingerprint density at radius 1 is 0.947 bits per heavy atom. The molecule has 0 amide bonds. The highest BCUT2D eigenvalue weighted by Crippen LogP contribution is 2.31. The molecule has 0 fully saturated rings. The van der Waals surface area contributed by atoms with Gasteiger partial charge in [-0.05, 0) is 36.5 Å². The van der Waals surface area contributed by atoms with Crippen LogP contribution in [0.5, 0.6) is 5.88 Å². The van der Waals surface area contributed by atoms with Crippen LogP contribution in [0, 0.1) is 6.92 Å². The third kappa shape index (κ3) is 7.14. The van der Waals surface area contributed by atoms with Gasteiger partial charge in [-0.3, -0.25) is 9.51 Å². The lowest BCUT2D eigenvalue weighted by Gasteiger charge is -2.16. The molecule has 2 aromatic heterocycles. The summed E-state index contributed by atoms with van der Waals surface area (Å²) in [6, 6.07) is 16.1. The van der Waals surface area contributed by atoms with Crippen LogP contribution in [0.3, 0.4) is 0 Å². The number of benzene rings is 2. The highest BCUT2D eigenvalue weighted by atomic mass is 16.5. The van der Waals surface area contributed by atoms with Gasteiger partial charge in [0.25, 0.3) is 0 Å². The number of H-pyrrole nitrogens is 1. The third-order valence-corrected chi connectivity index (χ3v) is 6.10. The van der Waals surface area contributed by atoms with Gasteiger partial charge in [0.15, 0.2) is 5.82 Å². The van der Waals surface area contributed by atoms with Crippen molar-refractivity contribution in [2.75, 3.05) is 33.5 Å². The average Bonchev–Trinajstić information content (AvgIpc) is 3.37. The fraction of sp³-hybridized carbons (Fsp3) is 0.379. The van der Waals surface area contributed by atoms with Crippen LogP contribution in [-0.4, -0.2) is 53.6 Å². The molecule has 0 bridgehead atoms. The maximum Gasteiger partial charge on any atom is 0.439 e. The summed E-state index contributed by atoms with van der Waals surface area (Å²) in [6.07, 6.45) is 3.65. The number of hydrogen-bond donors (Lipinski definition) is 1. The predicted octanol–water partition coefficient (Wildman–Crippen LogP) is 4.77. The Morgan fingerprint density at radius 2 is 1.71 bits per heavy atom. The van der Waals surface area contributed by atoms with Crippen LogP contribution in [0.2, 0.25) is 0 Å². The van der Waals surface area contributed by atoms with E-state index in [0.29, 0.717) is 50.4 Å². The first-order valence-electron chi connectivity index (χ1n) is 12.9. The van der Waals surface area contributed by atoms with Gasteiger partial charge in [0, 0.05) is 24.7 Å². The Morgan fingerprint density at radius 3 is 2.42 bits per heavy atom. The van der Waals surface area contributed by atoms with Crippen molar-refractivity contribution in [3.63, 3.8) is 0 Å². The molecule has 2 heterocycles. The number of hydrogen-bond acceptors (Lipinski definition) is 8. The zero-order chi connectivity index (χ0) is 26.7. The van der Waals surface area contributed by atoms with Gasteiger partial charge < -0.3 is 14.2 Å². The summed E-state index contributed by atoms with van der Waals surface area (Å²) in [7, 11) is 1.65. The summed E-state index contributed by atoms with van der Waals surface area (Å²) >= 11 is 0. The summed E-state index contributed by atoms with van der Waals surface area (Å²) in [6.45, 7) is 6.01. The largest absolute Gasteiger partial charge is 0.475 e. The standard InChI is InChI=1S/C29H34N4O5/c1-4-5-10-26-25(28(31-20(2)30-26)37-18-17-36-16-15-35-3)19-21-11-13-22(14-12-21)23-8-6-7-9-24(23)27-32-29(34)38-33-27/h6-9,11-14H,4-5,10,15-19H2,1-3H3,(H,32,33,34). The van der Waals surface area contributed by atoms with E-state index < -0.39 is 5.76 Å². The van der Waals surface area contributed by atoms with Gasteiger partial charge in [0.2, 0.25) is 5.88 Å². The van der Waals surface area contributed by atoms with Crippen molar-refractivity contribution in [3.8, 4) is 28.4 Å². The molecule has 0 radical (unpaired) electrons. The smallest absolute Gasteiger partial charge is 0.439 e. The molecular formula is C29H34N4O5. The molecule has 0 saturated heterocycles. The van der Waals surface area contributed by atoms with E-state index >= 15 is 0 Å². The summed E-state index contributed by atoms with van der Waals surface area (Å²) in [5.41, 5.74) is 5.90. The van der Waals surface area contributed by atoms with E-state index in [2.05, 4.69) is 46.3 Å². The molecule has 0 aliphatic rings. The predicted molar refractivity (Wildman–Crippen MR) is 144 cm³/mol. The molecule has 0 unspecified atom stereocenters. The fourth-order valence-electron chi connectivity index (χ4n) is 4.21. The second kappa shape index (κ2) is 13.6. The number of aryl methyl sites for hydroxylation is 2. The zero-order valence-corrected chi connectivity index (χ0v) is 22.2. The summed E-state index contributed by atoms with van der Waals surface area (Å²) in [5.74, 6) is 1.14. The topological polar surface area (TPSA) is 112 Å². The molecule has 0 spiro atoms. The average molecular weight is 519 g/mol. The minimum absolute atomic E-state index is 0.403. The normalized spacial score (nSPS) is 11.1. The number of unbranched alkanes of at least 4 members (excludes halogenated alkanes) is 1. The molecule has 1 N–H and O–H groups in total. The molecule has 9 heteroatoms. The van der Waals surface area contributed by atoms with Gasteiger partial charge in [-0.1, -0.05) is 67.0 Å². The molecule has 0 saturated carbocycles. The molecule has 9 nitrogen and oxygen atoms in total. The Labute approximate surface area is 222 Å². The molecular weight excluding hydrogens is 484 g/mol. The highest BCUT2D eigenvalue weighted by Gasteiger charge is 2.16. The lowest BCUT2D eigenvalue weighted by molar-refractivity contribution is 0.0534. The van der Waals surface area contributed by atoms with E-state index in [1.54, 1.807) is 7.11 Å². The summed E-state index contributed by atoms with van der Waals surface area (Å²) in [5, 5.41) is 3.86. The van der Waals surface area contributed by atoms with E-state index in [1.807, 2.05) is 31.2 Å². The van der Waals surface area contributed by atoms with Crippen LogP contribution >= 0.6 is 0 Å². The second-order valence-electron chi connectivity index (χ2n) is 8.92. The molecule has 0 aliphatic heterocycles. The lowest BCUT2D eigenvalue weighted by atomic mass is 9.96. The van der Waals surface area contributed by atoms with E-state index in [4.69, 9.17) is 23.7 Å². The maximum atomic E-state index is 11.5. The maximum absolute atomic E-state index is 11.5. The van der Waals surface area contributed by atoms with Gasteiger partial charge in [-0.2, -0.15) is 4.98 Å². The van der Waals surface area contributed by atoms with Gasteiger partial charge in [0.05, 0.1) is 25.5 Å². The number of aromatic amines is 1. The van der Waals surface area contributed by atoms with Crippen molar-refractivity contribution < 1.29 is 18.7 Å². The number of nitrogens with one attached hydrogen (secondary N) is 1. The van der Waals surface area contributed by atoms with Gasteiger partial charge in [-0.15, -0.1) is 0 Å². The molecule has 38 heavy (non-hydrogen) atoms. The minimum atomic E-state index is -0.580. The van der Waals surface area contributed by atoms with Crippen LogP contribution in [0.15, 0.2) is 57.8 Å². The van der Waals surface area contributed by atoms with Gasteiger partial charge in [0.1, 0.15) is 12.4 Å². The number of rotatable bonds is 14. The first kappa shape index (κ1) is 27.2. The molecule has 2 aromatic carbocycles. The van der Waals surface area contributed by atoms with Gasteiger partial charge in [-0.25, -0.2) is 9.78 Å². The van der Waals surface area contributed by atoms with Crippen molar-refractivity contribution in [2.45, 2.75) is 39.5 Å². The van der Waals surface area contributed by atoms with Crippen molar-refractivity contribution in [1.29, 1.82) is 0 Å². The highest BCUT2D eigenvalue weighted by molar-refractivity contribution is 5.80. The van der Waals surface area contributed by atoms with Crippen molar-refractivity contribution in [2.24, 2.45) is 0 Å². The van der Waals surface area contributed by atoms with Crippen LogP contribution in [0.4, 0.5) is 0 Å². The molecule has 200 valence electrons. The van der Waals surface area contributed by atoms with Crippen LogP contribution in [-0.2, 0) is 22.3 Å². The quantitative estimate of drug-likeness (QED) is 0.238. The van der Waals surface area contributed by atoms with Crippen LogP contribution in [0.1, 0.15) is 42.4 Å². The van der Waals surface area contributed by atoms with E-state index in [0.717, 1.165) is 52.8 Å². The first-order valence-corrected chi connectivity index (χ1v) is 12.9. The molecule has 4 aromatic rings. The Hall–Kier alpha value is -3.82. The van der Waals surface area contributed by atoms with Crippen molar-refractivity contribution in [3.05, 3.63) is 81.7 Å². The zero-order valence-electron chi connectivity index (χ0n) is 22.2. The third-order valence-electron chi connectivity index (χ3n) is 6.10. The van der Waals surface area contributed by atoms with Crippen LogP contribution in [0.25, 0.3) is 22.5 Å².